The first kappa shape index (κ1) is 13.5. The van der Waals surface area contributed by atoms with Gasteiger partial charge in [0.05, 0.1) is 16.6 Å². The van der Waals surface area contributed by atoms with Crippen LogP contribution in [0.25, 0.3) is 10.9 Å². The number of methoxy groups -OCH3 is 1. The van der Waals surface area contributed by atoms with E-state index in [0.29, 0.717) is 0 Å². The lowest BCUT2D eigenvalue weighted by Crippen LogP contribution is -2.33. The maximum absolute atomic E-state index is 11.7. The van der Waals surface area contributed by atoms with Gasteiger partial charge in [-0.3, -0.25) is 4.79 Å². The number of amides is 1. The van der Waals surface area contributed by atoms with Gasteiger partial charge in [-0.25, -0.2) is 0 Å². The van der Waals surface area contributed by atoms with E-state index in [1.54, 1.807) is 0 Å². The zero-order valence-corrected chi connectivity index (χ0v) is 12.1. The van der Waals surface area contributed by atoms with E-state index in [1.165, 1.54) is 12.7 Å². The van der Waals surface area contributed by atoms with Gasteiger partial charge >= 0.3 is 0 Å². The summed E-state index contributed by atoms with van der Waals surface area (Å²) in [6, 6.07) is 5.94. The normalized spacial score (nSPS) is 18.0. The maximum atomic E-state index is 11.7. The summed E-state index contributed by atoms with van der Waals surface area (Å²) in [6.45, 7) is 0.0901. The van der Waals surface area contributed by atoms with E-state index in [-0.39, 0.29) is 18.6 Å². The number of nitrogens with one attached hydrogen (secondary N) is 2. The van der Waals surface area contributed by atoms with Gasteiger partial charge < -0.3 is 15.0 Å². The third kappa shape index (κ3) is 2.30. The molecule has 0 fully saturated rings. The fourth-order valence-corrected chi connectivity index (χ4v) is 3.19. The van der Waals surface area contributed by atoms with Crippen LogP contribution >= 0.6 is 11.6 Å². The van der Waals surface area contributed by atoms with Crippen LogP contribution < -0.4 is 5.32 Å². The van der Waals surface area contributed by atoms with Crippen LogP contribution in [-0.2, 0) is 16.0 Å². The molecule has 1 aromatic carbocycles. The zero-order valence-electron chi connectivity index (χ0n) is 11.3. The summed E-state index contributed by atoms with van der Waals surface area (Å²) in [5.41, 5.74) is 3.33. The summed E-state index contributed by atoms with van der Waals surface area (Å²) in [7, 11) is 1.52. The zero-order chi connectivity index (χ0) is 14.1. The van der Waals surface area contributed by atoms with Crippen molar-refractivity contribution in [2.24, 2.45) is 0 Å². The molecule has 1 heterocycles. The monoisotopic (exact) mass is 292 g/mol. The highest BCUT2D eigenvalue weighted by Gasteiger charge is 2.25. The summed E-state index contributed by atoms with van der Waals surface area (Å²) in [5.74, 6) is -0.0879. The molecule has 1 aliphatic carbocycles. The Morgan fingerprint density at radius 2 is 2.40 bits per heavy atom. The van der Waals surface area contributed by atoms with Crippen LogP contribution in [0, 0.1) is 0 Å². The summed E-state index contributed by atoms with van der Waals surface area (Å²) in [4.78, 5) is 15.1. The van der Waals surface area contributed by atoms with Crippen LogP contribution in [0.3, 0.4) is 0 Å². The van der Waals surface area contributed by atoms with Crippen LogP contribution in [0.4, 0.5) is 0 Å². The van der Waals surface area contributed by atoms with E-state index in [0.717, 1.165) is 40.9 Å². The summed E-state index contributed by atoms with van der Waals surface area (Å²) in [6.07, 6.45) is 3.02. The Bertz CT molecular complexity index is 651. The van der Waals surface area contributed by atoms with Gasteiger partial charge in [-0.2, -0.15) is 0 Å². The van der Waals surface area contributed by atoms with Gasteiger partial charge in [0.1, 0.15) is 6.61 Å². The Kier molecular flexibility index (Phi) is 3.68. The number of benzene rings is 1. The maximum Gasteiger partial charge on any atom is 0.246 e. The first-order valence-electron chi connectivity index (χ1n) is 6.78. The summed E-state index contributed by atoms with van der Waals surface area (Å²) >= 11 is 6.24. The molecule has 0 radical (unpaired) electrons. The van der Waals surface area contributed by atoms with Gasteiger partial charge in [-0.05, 0) is 30.9 Å². The Morgan fingerprint density at radius 3 is 3.20 bits per heavy atom. The number of para-hydroxylation sites is 1. The average Bonchev–Trinajstić information content (AvgIpc) is 2.81. The standard InChI is InChI=1S/C15H17ClN2O2/c1-20-8-13(19)17-12-7-3-5-10-9-4-2-6-11(16)14(9)18-15(10)12/h2,4,6,12,18H,3,5,7-8H2,1H3,(H,17,19). The van der Waals surface area contributed by atoms with Crippen molar-refractivity contribution in [3.05, 3.63) is 34.5 Å². The van der Waals surface area contributed by atoms with Gasteiger partial charge in [0, 0.05) is 18.2 Å². The lowest BCUT2D eigenvalue weighted by atomic mass is 9.91. The van der Waals surface area contributed by atoms with E-state index in [4.69, 9.17) is 16.3 Å². The van der Waals surface area contributed by atoms with E-state index in [2.05, 4.69) is 16.4 Å². The first-order chi connectivity index (χ1) is 9.70. The average molecular weight is 293 g/mol. The molecule has 2 aromatic rings. The Hall–Kier alpha value is -1.52. The molecule has 20 heavy (non-hydrogen) atoms. The number of aromatic amines is 1. The number of hydrogen-bond acceptors (Lipinski definition) is 2. The van der Waals surface area contributed by atoms with Crippen molar-refractivity contribution < 1.29 is 9.53 Å². The number of halogens is 1. The lowest BCUT2D eigenvalue weighted by molar-refractivity contribution is -0.125. The molecule has 0 spiro atoms. The summed E-state index contributed by atoms with van der Waals surface area (Å²) in [5, 5.41) is 4.90. The molecular formula is C15H17ClN2O2. The van der Waals surface area contributed by atoms with E-state index >= 15 is 0 Å². The van der Waals surface area contributed by atoms with Crippen molar-refractivity contribution >= 4 is 28.4 Å². The van der Waals surface area contributed by atoms with E-state index in [9.17, 15) is 4.79 Å². The number of ether oxygens (including phenoxy) is 1. The van der Waals surface area contributed by atoms with Gasteiger partial charge in [-0.15, -0.1) is 0 Å². The minimum atomic E-state index is -0.0879. The molecule has 0 bridgehead atoms. The topological polar surface area (TPSA) is 54.1 Å². The lowest BCUT2D eigenvalue weighted by Gasteiger charge is -2.23. The van der Waals surface area contributed by atoms with Crippen molar-refractivity contribution in [2.75, 3.05) is 13.7 Å². The van der Waals surface area contributed by atoms with Crippen molar-refractivity contribution in [2.45, 2.75) is 25.3 Å². The highest BCUT2D eigenvalue weighted by molar-refractivity contribution is 6.35. The van der Waals surface area contributed by atoms with Crippen LogP contribution in [-0.4, -0.2) is 24.6 Å². The molecule has 1 aliphatic rings. The third-order valence-corrected chi connectivity index (χ3v) is 4.12. The second-order valence-electron chi connectivity index (χ2n) is 5.12. The molecule has 3 rings (SSSR count). The number of rotatable bonds is 3. The number of fused-ring (bicyclic) bond motifs is 3. The molecule has 0 saturated carbocycles. The third-order valence-electron chi connectivity index (χ3n) is 3.80. The van der Waals surface area contributed by atoms with Gasteiger partial charge in [0.25, 0.3) is 0 Å². The molecule has 2 N–H and O–H groups in total. The molecule has 106 valence electrons. The Morgan fingerprint density at radius 1 is 1.55 bits per heavy atom. The number of aryl methyl sites for hydroxylation is 1. The molecule has 4 nitrogen and oxygen atoms in total. The van der Waals surface area contributed by atoms with Crippen molar-refractivity contribution in [1.82, 2.24) is 10.3 Å². The van der Waals surface area contributed by atoms with Crippen LogP contribution in [0.1, 0.15) is 30.1 Å². The predicted molar refractivity (Wildman–Crippen MR) is 79.0 cm³/mol. The van der Waals surface area contributed by atoms with Crippen LogP contribution in [0.2, 0.25) is 5.02 Å². The largest absolute Gasteiger partial charge is 0.375 e. The van der Waals surface area contributed by atoms with Crippen LogP contribution in [0.15, 0.2) is 18.2 Å². The summed E-state index contributed by atoms with van der Waals surface area (Å²) < 4.78 is 4.87. The number of aromatic nitrogens is 1. The molecule has 0 saturated heterocycles. The Labute approximate surface area is 122 Å². The van der Waals surface area contributed by atoms with Gasteiger partial charge in [-0.1, -0.05) is 23.7 Å². The van der Waals surface area contributed by atoms with Crippen molar-refractivity contribution in [3.63, 3.8) is 0 Å². The minimum absolute atomic E-state index is 0.0184. The fraction of sp³-hybridized carbons (Fsp3) is 0.400. The number of H-pyrrole nitrogens is 1. The predicted octanol–water partition coefficient (Wildman–Crippen LogP) is 2.96. The molecule has 1 amide bonds. The molecule has 1 unspecified atom stereocenters. The molecular weight excluding hydrogens is 276 g/mol. The molecule has 1 atom stereocenters. The van der Waals surface area contributed by atoms with Gasteiger partial charge in [0.2, 0.25) is 5.91 Å². The highest BCUT2D eigenvalue weighted by atomic mass is 35.5. The minimum Gasteiger partial charge on any atom is -0.375 e. The molecule has 0 aliphatic heterocycles. The fourth-order valence-electron chi connectivity index (χ4n) is 2.96. The van der Waals surface area contributed by atoms with E-state index in [1.807, 2.05) is 12.1 Å². The first-order valence-corrected chi connectivity index (χ1v) is 7.15. The van der Waals surface area contributed by atoms with Gasteiger partial charge in [0.15, 0.2) is 0 Å². The number of carbonyl (C=O) groups excluding carboxylic acids is 1. The SMILES string of the molecule is COCC(=O)NC1CCCc2c1[nH]c1c(Cl)cccc21. The number of carbonyl (C=O) groups is 1. The van der Waals surface area contributed by atoms with Crippen LogP contribution in [0.5, 0.6) is 0 Å². The highest BCUT2D eigenvalue weighted by Crippen LogP contribution is 2.36. The quantitative estimate of drug-likeness (QED) is 0.914. The number of hydrogen-bond donors (Lipinski definition) is 2. The van der Waals surface area contributed by atoms with Crippen molar-refractivity contribution in [1.29, 1.82) is 0 Å². The second kappa shape index (κ2) is 5.46. The van der Waals surface area contributed by atoms with Crippen molar-refractivity contribution in [3.8, 4) is 0 Å². The van der Waals surface area contributed by atoms with E-state index < -0.39 is 0 Å². The Balaban J connectivity index is 1.98. The second-order valence-corrected chi connectivity index (χ2v) is 5.53. The molecule has 5 heteroatoms. The molecule has 1 aromatic heterocycles. The smallest absolute Gasteiger partial charge is 0.246 e.